The van der Waals surface area contributed by atoms with Crippen molar-refractivity contribution < 1.29 is 0 Å². The zero-order chi connectivity index (χ0) is 7.56. The summed E-state index contributed by atoms with van der Waals surface area (Å²) in [4.78, 5) is 3.06. The number of nitrogens with one attached hydrogen (secondary N) is 1. The Bertz CT molecular complexity index is 225. The first-order valence-corrected chi connectivity index (χ1v) is 3.27. The van der Waals surface area contributed by atoms with Crippen LogP contribution in [0.2, 0.25) is 0 Å². The van der Waals surface area contributed by atoms with Crippen molar-refractivity contribution in [1.29, 1.82) is 0 Å². The van der Waals surface area contributed by atoms with E-state index in [0.29, 0.717) is 0 Å². The van der Waals surface area contributed by atoms with Crippen molar-refractivity contribution >= 4 is 0 Å². The molecule has 0 unspecified atom stereocenters. The molecule has 1 aromatic rings. The second-order valence-electron chi connectivity index (χ2n) is 2.39. The molecule has 0 saturated carbocycles. The Balaban J connectivity index is 2.84. The van der Waals surface area contributed by atoms with Gasteiger partial charge in [0.15, 0.2) is 0 Å². The molecule has 0 fully saturated rings. The normalized spacial score (nSPS) is 13.0. The van der Waals surface area contributed by atoms with Gasteiger partial charge in [-0.2, -0.15) is 0 Å². The molecule has 0 aromatic carbocycles. The molecule has 0 radical (unpaired) electrons. The maximum absolute atomic E-state index is 5.66. The lowest BCUT2D eigenvalue weighted by molar-refractivity contribution is 0.876. The molecule has 10 heavy (non-hydrogen) atoms. The van der Waals surface area contributed by atoms with E-state index >= 15 is 0 Å². The van der Waals surface area contributed by atoms with Gasteiger partial charge in [0.25, 0.3) is 0 Å². The van der Waals surface area contributed by atoms with Crippen molar-refractivity contribution in [1.82, 2.24) is 4.98 Å². The molecular weight excluding hydrogens is 124 g/mol. The first-order valence-electron chi connectivity index (χ1n) is 3.27. The molecule has 0 bridgehead atoms. The van der Waals surface area contributed by atoms with Crippen LogP contribution in [0.3, 0.4) is 0 Å². The minimum Gasteiger partial charge on any atom is -0.363 e. The van der Waals surface area contributed by atoms with Gasteiger partial charge in [-0.05, 0) is 18.6 Å². The van der Waals surface area contributed by atoms with Crippen molar-refractivity contribution in [3.8, 4) is 0 Å². The first-order chi connectivity index (χ1) is 4.74. The fourth-order valence-corrected chi connectivity index (χ4v) is 0.845. The van der Waals surface area contributed by atoms with E-state index in [0.717, 1.165) is 5.69 Å². The monoisotopic (exact) mass is 136 g/mol. The lowest BCUT2D eigenvalue weighted by Gasteiger charge is -2.00. The third-order valence-corrected chi connectivity index (χ3v) is 1.46. The highest BCUT2D eigenvalue weighted by Gasteiger charge is 2.00. The van der Waals surface area contributed by atoms with E-state index in [1.165, 1.54) is 5.56 Å². The summed E-state index contributed by atoms with van der Waals surface area (Å²) in [6, 6.07) is 1.96. The topological polar surface area (TPSA) is 41.8 Å². The van der Waals surface area contributed by atoms with Crippen LogP contribution in [-0.4, -0.2) is 4.98 Å². The van der Waals surface area contributed by atoms with Crippen LogP contribution in [0.5, 0.6) is 0 Å². The smallest absolute Gasteiger partial charge is 0.0631 e. The van der Waals surface area contributed by atoms with E-state index in [-0.39, 0.29) is 6.04 Å². The Hall–Kier alpha value is -1.02. The van der Waals surface area contributed by atoms with Crippen molar-refractivity contribution in [3.05, 3.63) is 36.2 Å². The van der Waals surface area contributed by atoms with Crippen molar-refractivity contribution in [2.75, 3.05) is 0 Å². The molecule has 2 heteroatoms. The summed E-state index contributed by atoms with van der Waals surface area (Å²) in [6.45, 7) is 5.62. The molecule has 3 N–H and O–H groups in total. The van der Waals surface area contributed by atoms with Crippen LogP contribution in [-0.2, 0) is 0 Å². The third-order valence-electron chi connectivity index (χ3n) is 1.46. The predicted molar refractivity (Wildman–Crippen MR) is 42.7 cm³/mol. The molecule has 1 atom stereocenters. The lowest BCUT2D eigenvalue weighted by atomic mass is 10.2. The third kappa shape index (κ3) is 1.28. The van der Waals surface area contributed by atoms with E-state index in [1.807, 2.05) is 19.2 Å². The molecule has 0 aliphatic heterocycles. The Kier molecular flexibility index (Phi) is 1.92. The molecule has 54 valence electrons. The van der Waals surface area contributed by atoms with Crippen molar-refractivity contribution in [3.63, 3.8) is 0 Å². The van der Waals surface area contributed by atoms with E-state index in [9.17, 15) is 0 Å². The van der Waals surface area contributed by atoms with Crippen molar-refractivity contribution in [2.45, 2.75) is 13.0 Å². The highest BCUT2D eigenvalue weighted by atomic mass is 14.8. The van der Waals surface area contributed by atoms with Gasteiger partial charge in [0.05, 0.1) is 6.04 Å². The molecule has 1 heterocycles. The minimum atomic E-state index is -0.0614. The predicted octanol–water partition coefficient (Wildman–Crippen LogP) is 1.51. The van der Waals surface area contributed by atoms with Gasteiger partial charge < -0.3 is 10.7 Å². The van der Waals surface area contributed by atoms with E-state index in [1.54, 1.807) is 6.08 Å². The van der Waals surface area contributed by atoms with Gasteiger partial charge >= 0.3 is 0 Å². The van der Waals surface area contributed by atoms with Crippen molar-refractivity contribution in [2.24, 2.45) is 5.73 Å². The molecule has 0 saturated heterocycles. The van der Waals surface area contributed by atoms with Gasteiger partial charge in [0, 0.05) is 11.9 Å². The summed E-state index contributed by atoms with van der Waals surface area (Å²) in [5.74, 6) is 0. The average Bonchev–Trinajstić information content (AvgIpc) is 2.34. The van der Waals surface area contributed by atoms with Gasteiger partial charge in [-0.1, -0.05) is 6.08 Å². The van der Waals surface area contributed by atoms with Gasteiger partial charge in [0.2, 0.25) is 0 Å². The Morgan fingerprint density at radius 1 is 1.80 bits per heavy atom. The highest BCUT2D eigenvalue weighted by Crippen LogP contribution is 2.09. The standard InChI is InChI=1S/C8H12N2/c1-3-7(9)8-4-6(2)5-10-8/h3-5,7,10H,1,9H2,2H3/t7-/m0/s1. The zero-order valence-corrected chi connectivity index (χ0v) is 6.09. The summed E-state index contributed by atoms with van der Waals surface area (Å²) in [5.41, 5.74) is 7.88. The number of hydrogen-bond donors (Lipinski definition) is 2. The second-order valence-corrected chi connectivity index (χ2v) is 2.39. The van der Waals surface area contributed by atoms with E-state index in [4.69, 9.17) is 5.73 Å². The molecule has 1 rings (SSSR count). The molecule has 0 aliphatic rings. The van der Waals surface area contributed by atoms with Crippen LogP contribution >= 0.6 is 0 Å². The second kappa shape index (κ2) is 2.71. The number of aromatic amines is 1. The zero-order valence-electron chi connectivity index (χ0n) is 6.09. The van der Waals surface area contributed by atoms with Crippen LogP contribution in [0.1, 0.15) is 17.3 Å². The SMILES string of the molecule is C=C[C@H](N)c1cc(C)c[nH]1. The van der Waals surface area contributed by atoms with Crippen LogP contribution < -0.4 is 5.73 Å². The van der Waals surface area contributed by atoms with Crippen LogP contribution in [0.4, 0.5) is 0 Å². The van der Waals surface area contributed by atoms with Gasteiger partial charge in [-0.25, -0.2) is 0 Å². The Morgan fingerprint density at radius 2 is 2.50 bits per heavy atom. The highest BCUT2D eigenvalue weighted by molar-refractivity contribution is 5.20. The van der Waals surface area contributed by atoms with E-state index in [2.05, 4.69) is 11.6 Å². The maximum Gasteiger partial charge on any atom is 0.0631 e. The number of rotatable bonds is 2. The largest absolute Gasteiger partial charge is 0.363 e. The lowest BCUT2D eigenvalue weighted by Crippen LogP contribution is -2.06. The summed E-state index contributed by atoms with van der Waals surface area (Å²) >= 11 is 0. The number of nitrogens with two attached hydrogens (primary N) is 1. The Morgan fingerprint density at radius 3 is 2.90 bits per heavy atom. The summed E-state index contributed by atoms with van der Waals surface area (Å²) in [5, 5.41) is 0. The van der Waals surface area contributed by atoms with Crippen LogP contribution in [0.25, 0.3) is 0 Å². The fourth-order valence-electron chi connectivity index (χ4n) is 0.845. The first kappa shape index (κ1) is 7.09. The molecule has 0 amide bonds. The van der Waals surface area contributed by atoms with E-state index < -0.39 is 0 Å². The van der Waals surface area contributed by atoms with Crippen LogP contribution in [0, 0.1) is 6.92 Å². The number of aromatic nitrogens is 1. The summed E-state index contributed by atoms with van der Waals surface area (Å²) in [7, 11) is 0. The summed E-state index contributed by atoms with van der Waals surface area (Å²) in [6.07, 6.45) is 3.64. The summed E-state index contributed by atoms with van der Waals surface area (Å²) < 4.78 is 0. The molecule has 0 aliphatic carbocycles. The Labute approximate surface area is 60.8 Å². The molecule has 0 spiro atoms. The number of aryl methyl sites for hydroxylation is 1. The van der Waals surface area contributed by atoms with Gasteiger partial charge in [-0.15, -0.1) is 6.58 Å². The fraction of sp³-hybridized carbons (Fsp3) is 0.250. The maximum atomic E-state index is 5.66. The van der Waals surface area contributed by atoms with Gasteiger partial charge in [0.1, 0.15) is 0 Å². The number of H-pyrrole nitrogens is 1. The molecule has 1 aromatic heterocycles. The quantitative estimate of drug-likeness (QED) is 0.594. The number of hydrogen-bond acceptors (Lipinski definition) is 1. The average molecular weight is 136 g/mol. The van der Waals surface area contributed by atoms with Gasteiger partial charge in [-0.3, -0.25) is 0 Å². The minimum absolute atomic E-state index is 0.0614. The molecule has 2 nitrogen and oxygen atoms in total. The van der Waals surface area contributed by atoms with Crippen LogP contribution in [0.15, 0.2) is 24.9 Å². The molecular formula is C8H12N2.